The van der Waals surface area contributed by atoms with Crippen molar-refractivity contribution in [2.75, 3.05) is 5.32 Å². The SMILES string of the molecule is O=C(Nc1ccc(Cl)cc1)c1cnc(Sc2ccccc2)cc1C(F)(F)F. The predicted octanol–water partition coefficient (Wildman–Crippen LogP) is 6.16. The van der Waals surface area contributed by atoms with Crippen molar-refractivity contribution in [3.05, 3.63) is 83.0 Å². The lowest BCUT2D eigenvalue weighted by atomic mass is 10.1. The number of halogens is 4. The Kier molecular flexibility index (Phi) is 5.72. The average Bonchev–Trinajstić information content (AvgIpc) is 2.64. The zero-order valence-electron chi connectivity index (χ0n) is 13.6. The van der Waals surface area contributed by atoms with Crippen LogP contribution in [0.4, 0.5) is 18.9 Å². The van der Waals surface area contributed by atoms with E-state index in [0.29, 0.717) is 10.7 Å². The smallest absolute Gasteiger partial charge is 0.322 e. The van der Waals surface area contributed by atoms with Crippen molar-refractivity contribution in [1.82, 2.24) is 4.98 Å². The van der Waals surface area contributed by atoms with E-state index < -0.39 is 23.2 Å². The van der Waals surface area contributed by atoms with Gasteiger partial charge >= 0.3 is 6.18 Å². The third-order valence-electron chi connectivity index (χ3n) is 3.50. The topological polar surface area (TPSA) is 42.0 Å². The van der Waals surface area contributed by atoms with Gasteiger partial charge in [0.15, 0.2) is 0 Å². The highest BCUT2D eigenvalue weighted by atomic mass is 35.5. The van der Waals surface area contributed by atoms with Gasteiger partial charge in [-0.25, -0.2) is 4.98 Å². The molecular weight excluding hydrogens is 397 g/mol. The second-order valence-corrected chi connectivity index (χ2v) is 6.97. The fraction of sp³-hybridized carbons (Fsp3) is 0.0526. The molecule has 1 amide bonds. The van der Waals surface area contributed by atoms with Gasteiger partial charge in [-0.2, -0.15) is 13.2 Å². The van der Waals surface area contributed by atoms with Gasteiger partial charge in [0, 0.05) is 21.8 Å². The van der Waals surface area contributed by atoms with Crippen molar-refractivity contribution in [3.63, 3.8) is 0 Å². The molecule has 138 valence electrons. The Morgan fingerprint density at radius 1 is 1.04 bits per heavy atom. The fourth-order valence-electron chi connectivity index (χ4n) is 2.25. The summed E-state index contributed by atoms with van der Waals surface area (Å²) in [4.78, 5) is 17.1. The maximum absolute atomic E-state index is 13.5. The summed E-state index contributed by atoms with van der Waals surface area (Å²) in [6.45, 7) is 0. The molecule has 27 heavy (non-hydrogen) atoms. The van der Waals surface area contributed by atoms with Crippen molar-refractivity contribution in [3.8, 4) is 0 Å². The number of hydrogen-bond donors (Lipinski definition) is 1. The minimum Gasteiger partial charge on any atom is -0.322 e. The molecule has 2 aromatic carbocycles. The van der Waals surface area contributed by atoms with Crippen molar-refractivity contribution in [2.45, 2.75) is 16.1 Å². The van der Waals surface area contributed by atoms with Crippen molar-refractivity contribution < 1.29 is 18.0 Å². The molecule has 1 aromatic heterocycles. The molecule has 3 aromatic rings. The van der Waals surface area contributed by atoms with Crippen molar-refractivity contribution in [2.24, 2.45) is 0 Å². The standard InChI is InChI=1S/C19H12ClF3N2OS/c20-12-6-8-13(9-7-12)25-18(26)15-11-24-17(10-16(15)19(21,22)23)27-14-4-2-1-3-5-14/h1-11H,(H,25,26). The van der Waals surface area contributed by atoms with E-state index in [2.05, 4.69) is 10.3 Å². The molecule has 0 saturated heterocycles. The quantitative estimate of drug-likeness (QED) is 0.562. The van der Waals surface area contributed by atoms with Gasteiger partial charge in [-0.1, -0.05) is 41.6 Å². The van der Waals surface area contributed by atoms with Gasteiger partial charge < -0.3 is 5.32 Å². The van der Waals surface area contributed by atoms with E-state index in [-0.39, 0.29) is 5.03 Å². The Morgan fingerprint density at radius 2 is 1.70 bits per heavy atom. The lowest BCUT2D eigenvalue weighted by Gasteiger charge is -2.14. The van der Waals surface area contributed by atoms with Crippen LogP contribution in [0.15, 0.2) is 76.8 Å². The van der Waals surface area contributed by atoms with Gasteiger partial charge in [0.2, 0.25) is 0 Å². The summed E-state index contributed by atoms with van der Waals surface area (Å²) < 4.78 is 40.5. The Bertz CT molecular complexity index is 947. The minimum absolute atomic E-state index is 0.150. The molecule has 1 N–H and O–H groups in total. The first-order chi connectivity index (χ1) is 12.8. The third-order valence-corrected chi connectivity index (χ3v) is 4.69. The fourth-order valence-corrected chi connectivity index (χ4v) is 3.19. The van der Waals surface area contributed by atoms with Crippen LogP contribution in [0.25, 0.3) is 0 Å². The molecule has 0 fully saturated rings. The number of benzene rings is 2. The molecule has 0 radical (unpaired) electrons. The second kappa shape index (κ2) is 8.02. The molecule has 0 aliphatic heterocycles. The van der Waals surface area contributed by atoms with Gasteiger partial charge in [0.25, 0.3) is 5.91 Å². The van der Waals surface area contributed by atoms with Crippen LogP contribution in [0.1, 0.15) is 15.9 Å². The number of nitrogens with one attached hydrogen (secondary N) is 1. The summed E-state index contributed by atoms with van der Waals surface area (Å²) in [6, 6.07) is 15.8. The molecule has 8 heteroatoms. The first-order valence-electron chi connectivity index (χ1n) is 7.70. The molecule has 0 aliphatic rings. The number of carbonyl (C=O) groups is 1. The summed E-state index contributed by atoms with van der Waals surface area (Å²) in [7, 11) is 0. The van der Waals surface area contributed by atoms with Gasteiger partial charge in [-0.05, 0) is 42.5 Å². The summed E-state index contributed by atoms with van der Waals surface area (Å²) in [5, 5.41) is 3.02. The predicted molar refractivity (Wildman–Crippen MR) is 99.2 cm³/mol. The number of amides is 1. The average molecular weight is 409 g/mol. The Labute approximate surface area is 162 Å². The molecular formula is C19H12ClF3N2OS. The van der Waals surface area contributed by atoms with Gasteiger partial charge in [-0.15, -0.1) is 0 Å². The summed E-state index contributed by atoms with van der Waals surface area (Å²) in [5.41, 5.74) is -1.25. The molecule has 1 heterocycles. The number of pyridine rings is 1. The highest BCUT2D eigenvalue weighted by Crippen LogP contribution is 2.35. The van der Waals surface area contributed by atoms with E-state index in [1.807, 2.05) is 6.07 Å². The van der Waals surface area contributed by atoms with Crippen LogP contribution in [-0.4, -0.2) is 10.9 Å². The number of alkyl halides is 3. The van der Waals surface area contributed by atoms with Crippen LogP contribution >= 0.6 is 23.4 Å². The number of nitrogens with zero attached hydrogens (tertiary/aromatic N) is 1. The highest BCUT2D eigenvalue weighted by Gasteiger charge is 2.36. The highest BCUT2D eigenvalue weighted by molar-refractivity contribution is 7.99. The largest absolute Gasteiger partial charge is 0.417 e. The summed E-state index contributed by atoms with van der Waals surface area (Å²) in [5.74, 6) is -0.895. The van der Waals surface area contributed by atoms with E-state index >= 15 is 0 Å². The maximum atomic E-state index is 13.5. The van der Waals surface area contributed by atoms with Crippen LogP contribution in [-0.2, 0) is 6.18 Å². The number of anilines is 1. The number of aromatic nitrogens is 1. The lowest BCUT2D eigenvalue weighted by molar-refractivity contribution is -0.138. The third kappa shape index (κ3) is 5.02. The number of rotatable bonds is 4. The normalized spacial score (nSPS) is 11.3. The van der Waals surface area contributed by atoms with E-state index in [1.165, 1.54) is 24.3 Å². The van der Waals surface area contributed by atoms with E-state index in [0.717, 1.165) is 28.9 Å². The van der Waals surface area contributed by atoms with Crippen molar-refractivity contribution in [1.29, 1.82) is 0 Å². The molecule has 0 saturated carbocycles. The Morgan fingerprint density at radius 3 is 2.33 bits per heavy atom. The molecule has 0 spiro atoms. The monoisotopic (exact) mass is 408 g/mol. The van der Waals surface area contributed by atoms with Crippen molar-refractivity contribution >= 4 is 35.0 Å². The van der Waals surface area contributed by atoms with Crippen LogP contribution in [0, 0.1) is 0 Å². The maximum Gasteiger partial charge on any atom is 0.417 e. The molecule has 0 atom stereocenters. The van der Waals surface area contributed by atoms with Gasteiger partial charge in [0.1, 0.15) is 5.03 Å². The number of hydrogen-bond acceptors (Lipinski definition) is 3. The van der Waals surface area contributed by atoms with Crippen LogP contribution in [0.5, 0.6) is 0 Å². The minimum atomic E-state index is -4.69. The van der Waals surface area contributed by atoms with Gasteiger partial charge in [-0.3, -0.25) is 4.79 Å². The molecule has 0 aliphatic carbocycles. The zero-order valence-corrected chi connectivity index (χ0v) is 15.2. The lowest BCUT2D eigenvalue weighted by Crippen LogP contribution is -2.19. The van der Waals surface area contributed by atoms with E-state index in [9.17, 15) is 18.0 Å². The first-order valence-corrected chi connectivity index (χ1v) is 8.89. The molecule has 3 nitrogen and oxygen atoms in total. The molecule has 0 unspecified atom stereocenters. The van der Waals surface area contributed by atoms with Crippen LogP contribution < -0.4 is 5.32 Å². The van der Waals surface area contributed by atoms with Crippen LogP contribution in [0.3, 0.4) is 0 Å². The van der Waals surface area contributed by atoms with Crippen LogP contribution in [0.2, 0.25) is 5.02 Å². The van der Waals surface area contributed by atoms with Gasteiger partial charge in [0.05, 0.1) is 11.1 Å². The second-order valence-electron chi connectivity index (χ2n) is 5.44. The zero-order chi connectivity index (χ0) is 19.4. The molecule has 3 rings (SSSR count). The van der Waals surface area contributed by atoms with E-state index in [1.54, 1.807) is 24.3 Å². The summed E-state index contributed by atoms with van der Waals surface area (Å²) >= 11 is 6.85. The summed E-state index contributed by atoms with van der Waals surface area (Å²) in [6.07, 6.45) is -3.75. The Balaban J connectivity index is 1.89. The van der Waals surface area contributed by atoms with E-state index in [4.69, 9.17) is 11.6 Å². The molecule has 0 bridgehead atoms. The Hall–Kier alpha value is -2.51. The first kappa shape index (κ1) is 19.3. The number of carbonyl (C=O) groups excluding carboxylic acids is 1.